The Balaban J connectivity index is 1.75. The van der Waals surface area contributed by atoms with Crippen molar-refractivity contribution < 1.29 is 9.53 Å². The Bertz CT molecular complexity index is 661. The third-order valence-electron chi connectivity index (χ3n) is 4.34. The van der Waals surface area contributed by atoms with Gasteiger partial charge in [-0.3, -0.25) is 4.79 Å². The van der Waals surface area contributed by atoms with Gasteiger partial charge in [-0.1, -0.05) is 0 Å². The van der Waals surface area contributed by atoms with Crippen molar-refractivity contribution in [3.63, 3.8) is 0 Å². The maximum atomic E-state index is 12.7. The molecule has 122 valence electrons. The summed E-state index contributed by atoms with van der Waals surface area (Å²) in [4.78, 5) is 21.0. The molecule has 1 aliphatic rings. The fourth-order valence-corrected chi connectivity index (χ4v) is 3.02. The molecule has 2 aromatic rings. The fraction of sp³-hybridized carbons (Fsp3) is 0.471. The van der Waals surface area contributed by atoms with Gasteiger partial charge in [-0.2, -0.15) is 0 Å². The van der Waals surface area contributed by atoms with Crippen molar-refractivity contribution in [2.24, 2.45) is 0 Å². The minimum Gasteiger partial charge on any atom is -0.381 e. The van der Waals surface area contributed by atoms with E-state index in [9.17, 15) is 4.79 Å². The van der Waals surface area contributed by atoms with Crippen molar-refractivity contribution in [2.75, 3.05) is 7.11 Å². The van der Waals surface area contributed by atoms with Gasteiger partial charge in [0.25, 0.3) is 5.91 Å². The molecule has 0 bridgehead atoms. The first-order valence-corrected chi connectivity index (χ1v) is 7.96. The number of pyridine rings is 1. The number of rotatable bonds is 4. The smallest absolute Gasteiger partial charge is 0.272 e. The number of methoxy groups -OCH3 is 1. The van der Waals surface area contributed by atoms with Crippen LogP contribution in [0.1, 0.15) is 41.7 Å². The number of carbonyl (C=O) groups excluding carboxylic acids is 1. The van der Waals surface area contributed by atoms with E-state index in [1.165, 1.54) is 0 Å². The van der Waals surface area contributed by atoms with Gasteiger partial charge in [0.2, 0.25) is 0 Å². The molecule has 0 spiro atoms. The van der Waals surface area contributed by atoms with E-state index in [0.717, 1.165) is 36.9 Å². The number of ether oxygens (including phenoxy) is 1. The topological polar surface area (TPSA) is 69.0 Å². The number of aromatic nitrogens is 3. The lowest BCUT2D eigenvalue weighted by Gasteiger charge is -2.28. The van der Waals surface area contributed by atoms with Crippen molar-refractivity contribution in [1.82, 2.24) is 19.9 Å². The lowest BCUT2D eigenvalue weighted by molar-refractivity contribution is 0.0598. The van der Waals surface area contributed by atoms with Gasteiger partial charge in [-0.05, 0) is 44.2 Å². The highest BCUT2D eigenvalue weighted by atomic mass is 16.5. The van der Waals surface area contributed by atoms with Crippen LogP contribution in [0.5, 0.6) is 0 Å². The van der Waals surface area contributed by atoms with Crippen LogP contribution in [0.3, 0.4) is 0 Å². The van der Waals surface area contributed by atoms with Crippen molar-refractivity contribution in [2.45, 2.75) is 44.8 Å². The van der Waals surface area contributed by atoms with E-state index in [4.69, 9.17) is 4.74 Å². The molecule has 23 heavy (non-hydrogen) atoms. The maximum Gasteiger partial charge on any atom is 0.272 e. The lowest BCUT2D eigenvalue weighted by Crippen LogP contribution is -2.39. The van der Waals surface area contributed by atoms with Crippen molar-refractivity contribution in [3.05, 3.63) is 42.2 Å². The van der Waals surface area contributed by atoms with Crippen LogP contribution >= 0.6 is 0 Å². The highest BCUT2D eigenvalue weighted by Gasteiger charge is 2.24. The van der Waals surface area contributed by atoms with Crippen LogP contribution in [0.15, 0.2) is 31.0 Å². The van der Waals surface area contributed by atoms with Gasteiger partial charge in [0.05, 0.1) is 18.1 Å². The minimum atomic E-state index is -0.130. The maximum absolute atomic E-state index is 12.7. The number of imidazole rings is 1. The van der Waals surface area contributed by atoms with E-state index in [1.807, 2.05) is 23.8 Å². The third-order valence-corrected chi connectivity index (χ3v) is 4.34. The Hall–Kier alpha value is -2.21. The molecule has 0 unspecified atom stereocenters. The normalized spacial score (nSPS) is 21.1. The number of nitrogens with zero attached hydrogens (tertiary/aromatic N) is 3. The third kappa shape index (κ3) is 3.59. The second kappa shape index (κ2) is 6.91. The predicted molar refractivity (Wildman–Crippen MR) is 86.6 cm³/mol. The Kier molecular flexibility index (Phi) is 4.71. The zero-order valence-electron chi connectivity index (χ0n) is 13.5. The van der Waals surface area contributed by atoms with Crippen LogP contribution in [-0.4, -0.2) is 39.7 Å². The summed E-state index contributed by atoms with van der Waals surface area (Å²) in [6.45, 7) is 1.96. The second-order valence-corrected chi connectivity index (χ2v) is 6.03. The van der Waals surface area contributed by atoms with Crippen LogP contribution in [0.25, 0.3) is 5.69 Å². The summed E-state index contributed by atoms with van der Waals surface area (Å²) >= 11 is 0. The summed E-state index contributed by atoms with van der Waals surface area (Å²) in [6, 6.07) is 2.14. The largest absolute Gasteiger partial charge is 0.381 e. The van der Waals surface area contributed by atoms with Gasteiger partial charge in [-0.15, -0.1) is 0 Å². The van der Waals surface area contributed by atoms with Gasteiger partial charge >= 0.3 is 0 Å². The van der Waals surface area contributed by atoms with Crippen molar-refractivity contribution >= 4 is 5.91 Å². The van der Waals surface area contributed by atoms with Crippen molar-refractivity contribution in [3.8, 4) is 5.69 Å². The second-order valence-electron chi connectivity index (χ2n) is 6.03. The first-order valence-electron chi connectivity index (χ1n) is 7.96. The first kappa shape index (κ1) is 15.7. The standard InChI is InChI=1S/C17H22N4O2/c1-12-9-15(21-8-7-18-11-21)16(19-10-12)17(22)20-13-3-5-14(23-2)6-4-13/h7-11,13-14H,3-6H2,1-2H3,(H,20,22). The molecule has 0 aromatic carbocycles. The van der Waals surface area contributed by atoms with Crippen molar-refractivity contribution in [1.29, 1.82) is 0 Å². The SMILES string of the molecule is COC1CCC(NC(=O)c2ncc(C)cc2-n2ccnc2)CC1. The lowest BCUT2D eigenvalue weighted by atomic mass is 9.93. The molecule has 1 fully saturated rings. The average Bonchev–Trinajstić information content (AvgIpc) is 3.09. The van der Waals surface area contributed by atoms with Gasteiger partial charge < -0.3 is 14.6 Å². The molecule has 1 saturated carbocycles. The van der Waals surface area contributed by atoms with E-state index in [2.05, 4.69) is 15.3 Å². The zero-order valence-corrected chi connectivity index (χ0v) is 13.5. The molecule has 0 saturated heterocycles. The number of nitrogens with one attached hydrogen (secondary N) is 1. The van der Waals surface area contributed by atoms with Crippen LogP contribution < -0.4 is 5.32 Å². The van der Waals surface area contributed by atoms with E-state index in [-0.39, 0.29) is 11.9 Å². The molecular weight excluding hydrogens is 292 g/mol. The van der Waals surface area contributed by atoms with E-state index in [0.29, 0.717) is 11.8 Å². The fourth-order valence-electron chi connectivity index (χ4n) is 3.02. The average molecular weight is 314 g/mol. The number of aryl methyl sites for hydroxylation is 1. The quantitative estimate of drug-likeness (QED) is 0.940. The molecule has 0 atom stereocenters. The van der Waals surface area contributed by atoms with Gasteiger partial charge in [0, 0.05) is 31.7 Å². The molecule has 1 N–H and O–H groups in total. The monoisotopic (exact) mass is 314 g/mol. The van der Waals surface area contributed by atoms with Crippen LogP contribution in [0.2, 0.25) is 0 Å². The molecule has 6 heteroatoms. The molecule has 0 aliphatic heterocycles. The summed E-state index contributed by atoms with van der Waals surface area (Å²) < 4.78 is 7.19. The van der Waals surface area contributed by atoms with E-state index < -0.39 is 0 Å². The summed E-state index contributed by atoms with van der Waals surface area (Å²) in [7, 11) is 1.75. The predicted octanol–water partition coefficient (Wildman–Crippen LogP) is 2.26. The Morgan fingerprint density at radius 1 is 1.35 bits per heavy atom. The van der Waals surface area contributed by atoms with Gasteiger partial charge in [-0.25, -0.2) is 9.97 Å². The molecule has 2 aromatic heterocycles. The molecule has 3 rings (SSSR count). The zero-order chi connectivity index (χ0) is 16.2. The Morgan fingerprint density at radius 2 is 2.13 bits per heavy atom. The minimum absolute atomic E-state index is 0.130. The van der Waals surface area contributed by atoms with E-state index >= 15 is 0 Å². The molecular formula is C17H22N4O2. The number of amides is 1. The van der Waals surface area contributed by atoms with Gasteiger partial charge in [0.1, 0.15) is 0 Å². The summed E-state index contributed by atoms with van der Waals surface area (Å²) in [5.41, 5.74) is 2.19. The summed E-state index contributed by atoms with van der Waals surface area (Å²) in [6.07, 6.45) is 11.1. The molecule has 1 amide bonds. The van der Waals surface area contributed by atoms with Crippen LogP contribution in [-0.2, 0) is 4.74 Å². The van der Waals surface area contributed by atoms with Gasteiger partial charge in [0.15, 0.2) is 5.69 Å². The number of hydrogen-bond donors (Lipinski definition) is 1. The Morgan fingerprint density at radius 3 is 2.78 bits per heavy atom. The van der Waals surface area contributed by atoms with Crippen LogP contribution in [0.4, 0.5) is 0 Å². The highest BCUT2D eigenvalue weighted by molar-refractivity contribution is 5.96. The molecule has 1 aliphatic carbocycles. The van der Waals surface area contributed by atoms with E-state index in [1.54, 1.807) is 25.8 Å². The molecule has 0 radical (unpaired) electrons. The summed E-state index contributed by atoms with van der Waals surface area (Å²) in [5.74, 6) is -0.130. The summed E-state index contributed by atoms with van der Waals surface area (Å²) in [5, 5.41) is 3.11. The van der Waals surface area contributed by atoms with Crippen LogP contribution in [0, 0.1) is 6.92 Å². The highest BCUT2D eigenvalue weighted by Crippen LogP contribution is 2.21. The molecule has 2 heterocycles. The first-order chi connectivity index (χ1) is 11.2. The molecule has 6 nitrogen and oxygen atoms in total. The number of hydrogen-bond acceptors (Lipinski definition) is 4. The number of carbonyl (C=O) groups is 1. The Labute approximate surface area is 135 Å².